The monoisotopic (exact) mass is 342 g/mol. The molecule has 4 heteroatoms. The molecule has 0 saturated carbocycles. The van der Waals surface area contributed by atoms with Gasteiger partial charge < -0.3 is 14.6 Å². The standard InChI is InChI=1S/C20H19ClO3/c21-12-13-23-19-10-11-20(17-9-5-4-8-16(17)19)24-14-18(22)15-6-2-1-3-7-15/h1-11,18,22H,12-14H2. The molecule has 3 aromatic rings. The van der Waals surface area contributed by atoms with Crippen LogP contribution in [0.1, 0.15) is 11.7 Å². The first-order valence-electron chi connectivity index (χ1n) is 7.86. The van der Waals surface area contributed by atoms with Crippen molar-refractivity contribution in [2.45, 2.75) is 6.10 Å². The number of aliphatic hydroxyl groups excluding tert-OH is 1. The lowest BCUT2D eigenvalue weighted by molar-refractivity contribution is 0.109. The summed E-state index contributed by atoms with van der Waals surface area (Å²) in [5, 5.41) is 12.2. The average molecular weight is 343 g/mol. The SMILES string of the molecule is OC(COc1ccc(OCCCl)c2ccccc12)c1ccccc1. The van der Waals surface area contributed by atoms with Gasteiger partial charge in [-0.05, 0) is 17.7 Å². The van der Waals surface area contributed by atoms with Crippen LogP contribution in [0.5, 0.6) is 11.5 Å². The Hall–Kier alpha value is -2.23. The van der Waals surface area contributed by atoms with Gasteiger partial charge in [-0.2, -0.15) is 0 Å². The lowest BCUT2D eigenvalue weighted by atomic mass is 10.1. The summed E-state index contributed by atoms with van der Waals surface area (Å²) in [5.41, 5.74) is 0.837. The van der Waals surface area contributed by atoms with Gasteiger partial charge in [-0.15, -0.1) is 11.6 Å². The molecule has 3 aromatic carbocycles. The molecule has 0 spiro atoms. The largest absolute Gasteiger partial charge is 0.492 e. The quantitative estimate of drug-likeness (QED) is 0.639. The second-order valence-corrected chi connectivity index (χ2v) is 5.76. The minimum Gasteiger partial charge on any atom is -0.492 e. The van der Waals surface area contributed by atoms with Crippen LogP contribution < -0.4 is 9.47 Å². The number of rotatable bonds is 7. The zero-order chi connectivity index (χ0) is 16.8. The summed E-state index contributed by atoms with van der Waals surface area (Å²) in [4.78, 5) is 0. The van der Waals surface area contributed by atoms with Gasteiger partial charge in [0.05, 0.1) is 5.88 Å². The lowest BCUT2D eigenvalue weighted by Gasteiger charge is -2.16. The van der Waals surface area contributed by atoms with Gasteiger partial charge in [-0.1, -0.05) is 54.6 Å². The maximum absolute atomic E-state index is 10.3. The van der Waals surface area contributed by atoms with Crippen molar-refractivity contribution in [2.75, 3.05) is 19.1 Å². The fourth-order valence-corrected chi connectivity index (χ4v) is 2.66. The summed E-state index contributed by atoms with van der Waals surface area (Å²) in [5.74, 6) is 1.94. The molecule has 0 fully saturated rings. The van der Waals surface area contributed by atoms with Crippen molar-refractivity contribution < 1.29 is 14.6 Å². The van der Waals surface area contributed by atoms with E-state index >= 15 is 0 Å². The smallest absolute Gasteiger partial charge is 0.127 e. The third kappa shape index (κ3) is 3.81. The number of halogens is 1. The third-order valence-corrected chi connectivity index (χ3v) is 3.91. The maximum atomic E-state index is 10.3. The number of hydrogen-bond donors (Lipinski definition) is 1. The Morgan fingerprint density at radius 2 is 1.38 bits per heavy atom. The van der Waals surface area contributed by atoms with Gasteiger partial charge in [0.15, 0.2) is 0 Å². The molecule has 1 N–H and O–H groups in total. The molecular formula is C20H19ClO3. The molecule has 124 valence electrons. The van der Waals surface area contributed by atoms with Gasteiger partial charge in [-0.25, -0.2) is 0 Å². The minimum atomic E-state index is -0.669. The normalized spacial score (nSPS) is 12.1. The number of hydrogen-bond acceptors (Lipinski definition) is 3. The molecule has 24 heavy (non-hydrogen) atoms. The van der Waals surface area contributed by atoms with Crippen LogP contribution in [0.25, 0.3) is 10.8 Å². The fourth-order valence-electron chi connectivity index (χ4n) is 2.58. The number of fused-ring (bicyclic) bond motifs is 1. The van der Waals surface area contributed by atoms with E-state index in [2.05, 4.69) is 0 Å². The summed E-state index contributed by atoms with van der Waals surface area (Å²) in [7, 11) is 0. The number of alkyl halides is 1. The molecular weight excluding hydrogens is 324 g/mol. The Bertz CT molecular complexity index is 789. The van der Waals surface area contributed by atoms with E-state index in [-0.39, 0.29) is 6.61 Å². The highest BCUT2D eigenvalue weighted by molar-refractivity contribution is 6.18. The zero-order valence-corrected chi connectivity index (χ0v) is 13.9. The first-order valence-corrected chi connectivity index (χ1v) is 8.39. The molecule has 3 nitrogen and oxygen atoms in total. The van der Waals surface area contributed by atoms with E-state index in [0.717, 1.165) is 27.8 Å². The maximum Gasteiger partial charge on any atom is 0.127 e. The van der Waals surface area contributed by atoms with Crippen molar-refractivity contribution in [3.63, 3.8) is 0 Å². The van der Waals surface area contributed by atoms with Crippen molar-refractivity contribution >= 4 is 22.4 Å². The Morgan fingerprint density at radius 1 is 0.792 bits per heavy atom. The summed E-state index contributed by atoms with van der Waals surface area (Å²) in [6.45, 7) is 0.647. The molecule has 1 unspecified atom stereocenters. The summed E-state index contributed by atoms with van der Waals surface area (Å²) >= 11 is 5.70. The Kier molecular flexibility index (Phi) is 5.57. The van der Waals surface area contributed by atoms with Crippen LogP contribution in [-0.2, 0) is 0 Å². The third-order valence-electron chi connectivity index (χ3n) is 3.76. The first kappa shape index (κ1) is 16.6. The second kappa shape index (κ2) is 8.04. The van der Waals surface area contributed by atoms with Crippen LogP contribution in [0.2, 0.25) is 0 Å². The van der Waals surface area contributed by atoms with Crippen molar-refractivity contribution in [3.05, 3.63) is 72.3 Å². The van der Waals surface area contributed by atoms with E-state index in [1.54, 1.807) is 0 Å². The van der Waals surface area contributed by atoms with Crippen molar-refractivity contribution in [1.82, 2.24) is 0 Å². The average Bonchev–Trinajstić information content (AvgIpc) is 2.65. The number of aliphatic hydroxyl groups is 1. The Labute approximate surface area is 146 Å². The van der Waals surface area contributed by atoms with Crippen LogP contribution in [-0.4, -0.2) is 24.2 Å². The van der Waals surface area contributed by atoms with E-state index in [4.69, 9.17) is 21.1 Å². The van der Waals surface area contributed by atoms with Gasteiger partial charge in [0.2, 0.25) is 0 Å². The molecule has 0 heterocycles. The first-order chi connectivity index (χ1) is 11.8. The van der Waals surface area contributed by atoms with E-state index in [1.807, 2.05) is 66.7 Å². The summed E-state index contributed by atoms with van der Waals surface area (Å²) < 4.78 is 11.5. The minimum absolute atomic E-state index is 0.190. The highest BCUT2D eigenvalue weighted by Gasteiger charge is 2.11. The van der Waals surface area contributed by atoms with Crippen molar-refractivity contribution in [2.24, 2.45) is 0 Å². The van der Waals surface area contributed by atoms with Crippen LogP contribution in [0, 0.1) is 0 Å². The lowest BCUT2D eigenvalue weighted by Crippen LogP contribution is -2.09. The van der Waals surface area contributed by atoms with Crippen molar-refractivity contribution in [1.29, 1.82) is 0 Å². The molecule has 0 aliphatic heterocycles. The van der Waals surface area contributed by atoms with E-state index < -0.39 is 6.10 Å². The van der Waals surface area contributed by atoms with Gasteiger partial charge >= 0.3 is 0 Å². The van der Waals surface area contributed by atoms with Crippen LogP contribution in [0.15, 0.2) is 66.7 Å². The predicted molar refractivity (Wildman–Crippen MR) is 97.1 cm³/mol. The molecule has 0 bridgehead atoms. The zero-order valence-electron chi connectivity index (χ0n) is 13.2. The number of ether oxygens (including phenoxy) is 2. The molecule has 3 rings (SSSR count). The molecule has 1 atom stereocenters. The summed E-state index contributed by atoms with van der Waals surface area (Å²) in [6, 6.07) is 21.1. The Morgan fingerprint density at radius 3 is 2.00 bits per heavy atom. The van der Waals surface area contributed by atoms with Crippen LogP contribution in [0.4, 0.5) is 0 Å². The highest BCUT2D eigenvalue weighted by Crippen LogP contribution is 2.33. The second-order valence-electron chi connectivity index (χ2n) is 5.38. The number of benzene rings is 3. The molecule has 0 radical (unpaired) electrons. The van der Waals surface area contributed by atoms with Gasteiger partial charge in [0.1, 0.15) is 30.8 Å². The summed E-state index contributed by atoms with van der Waals surface area (Å²) in [6.07, 6.45) is -0.669. The van der Waals surface area contributed by atoms with Crippen molar-refractivity contribution in [3.8, 4) is 11.5 Å². The van der Waals surface area contributed by atoms with E-state index in [9.17, 15) is 5.11 Å². The molecule has 0 amide bonds. The molecule has 0 saturated heterocycles. The topological polar surface area (TPSA) is 38.7 Å². The highest BCUT2D eigenvalue weighted by atomic mass is 35.5. The molecule has 0 aliphatic carbocycles. The fraction of sp³-hybridized carbons (Fsp3) is 0.200. The predicted octanol–water partition coefficient (Wildman–Crippen LogP) is 4.57. The van der Waals surface area contributed by atoms with E-state index in [1.165, 1.54) is 0 Å². The molecule has 0 aromatic heterocycles. The molecule has 0 aliphatic rings. The van der Waals surface area contributed by atoms with Gasteiger partial charge in [0.25, 0.3) is 0 Å². The van der Waals surface area contributed by atoms with Crippen LogP contribution >= 0.6 is 11.6 Å². The Balaban J connectivity index is 1.80. The van der Waals surface area contributed by atoms with Crippen LogP contribution in [0.3, 0.4) is 0 Å². The van der Waals surface area contributed by atoms with Gasteiger partial charge in [0, 0.05) is 10.8 Å². The van der Waals surface area contributed by atoms with Gasteiger partial charge in [-0.3, -0.25) is 0 Å². The van der Waals surface area contributed by atoms with E-state index in [0.29, 0.717) is 12.5 Å².